The molecule has 2 aromatic rings. The molecule has 0 atom stereocenters. The van der Waals surface area contributed by atoms with E-state index >= 15 is 0 Å². The van der Waals surface area contributed by atoms with Crippen molar-refractivity contribution in [3.05, 3.63) is 56.8 Å². The molecule has 0 saturated heterocycles. The summed E-state index contributed by atoms with van der Waals surface area (Å²) < 4.78 is 20.0. The third-order valence-corrected chi connectivity index (χ3v) is 4.15. The Morgan fingerprint density at radius 2 is 1.95 bits per heavy atom. The Labute approximate surface area is 131 Å². The van der Waals surface area contributed by atoms with Crippen molar-refractivity contribution in [2.75, 3.05) is 12.8 Å². The first-order chi connectivity index (χ1) is 9.86. The van der Waals surface area contributed by atoms with Gasteiger partial charge in [-0.25, -0.2) is 4.39 Å². The van der Waals surface area contributed by atoms with Crippen LogP contribution in [0.3, 0.4) is 0 Å². The van der Waals surface area contributed by atoms with Crippen molar-refractivity contribution in [2.45, 2.75) is 13.8 Å². The lowest BCUT2D eigenvalue weighted by atomic mass is 9.95. The number of carbonyl (C=O) groups excluding carboxylic acids is 1. The fourth-order valence-electron chi connectivity index (χ4n) is 2.24. The van der Waals surface area contributed by atoms with E-state index in [4.69, 9.17) is 10.5 Å². The second-order valence-corrected chi connectivity index (χ2v) is 5.63. The van der Waals surface area contributed by atoms with E-state index in [2.05, 4.69) is 15.9 Å². The molecule has 0 aliphatic carbocycles. The van der Waals surface area contributed by atoms with E-state index in [-0.39, 0.29) is 5.56 Å². The number of hydrogen-bond acceptors (Lipinski definition) is 3. The van der Waals surface area contributed by atoms with Gasteiger partial charge < -0.3 is 10.5 Å². The molecule has 2 N–H and O–H groups in total. The first kappa shape index (κ1) is 15.5. The molecule has 5 heteroatoms. The number of aryl methyl sites for hydroxylation is 1. The highest BCUT2D eigenvalue weighted by atomic mass is 79.9. The molecular formula is C16H15BrFNO2. The molecule has 0 unspecified atom stereocenters. The first-order valence-corrected chi connectivity index (χ1v) is 7.09. The van der Waals surface area contributed by atoms with Crippen LogP contribution in [0.5, 0.6) is 5.75 Å². The van der Waals surface area contributed by atoms with Gasteiger partial charge in [-0.1, -0.05) is 15.9 Å². The van der Waals surface area contributed by atoms with Gasteiger partial charge in [-0.05, 0) is 49.2 Å². The third-order valence-electron chi connectivity index (χ3n) is 3.33. The van der Waals surface area contributed by atoms with Crippen molar-refractivity contribution in [3.63, 3.8) is 0 Å². The lowest BCUT2D eigenvalue weighted by Crippen LogP contribution is -2.10. The second-order valence-electron chi connectivity index (χ2n) is 4.78. The summed E-state index contributed by atoms with van der Waals surface area (Å²) in [6.45, 7) is 3.61. The van der Waals surface area contributed by atoms with Crippen LogP contribution in [0.4, 0.5) is 10.1 Å². The van der Waals surface area contributed by atoms with Gasteiger partial charge in [-0.3, -0.25) is 4.79 Å². The normalized spacial score (nSPS) is 10.5. The largest absolute Gasteiger partial charge is 0.496 e. The third kappa shape index (κ3) is 2.78. The molecule has 3 nitrogen and oxygen atoms in total. The summed E-state index contributed by atoms with van der Waals surface area (Å²) in [5, 5.41) is 0. The van der Waals surface area contributed by atoms with E-state index in [1.54, 1.807) is 6.92 Å². The van der Waals surface area contributed by atoms with Gasteiger partial charge >= 0.3 is 0 Å². The van der Waals surface area contributed by atoms with Gasteiger partial charge in [0.05, 0.1) is 18.2 Å². The predicted molar refractivity (Wildman–Crippen MR) is 84.4 cm³/mol. The van der Waals surface area contributed by atoms with Gasteiger partial charge in [0.15, 0.2) is 5.78 Å². The maximum absolute atomic E-state index is 13.9. The molecule has 0 aromatic heterocycles. The number of carbonyl (C=O) groups is 1. The van der Waals surface area contributed by atoms with Gasteiger partial charge in [-0.15, -0.1) is 0 Å². The molecule has 0 fully saturated rings. The monoisotopic (exact) mass is 351 g/mol. The molecule has 0 spiro atoms. The van der Waals surface area contributed by atoms with Crippen LogP contribution >= 0.6 is 15.9 Å². The van der Waals surface area contributed by atoms with E-state index < -0.39 is 11.6 Å². The highest BCUT2D eigenvalue weighted by Crippen LogP contribution is 2.34. The summed E-state index contributed by atoms with van der Waals surface area (Å²) in [6, 6.07) is 5.81. The van der Waals surface area contributed by atoms with Crippen LogP contribution in [-0.2, 0) is 0 Å². The average molecular weight is 352 g/mol. The Morgan fingerprint density at radius 3 is 2.57 bits per heavy atom. The number of rotatable bonds is 3. The van der Waals surface area contributed by atoms with Crippen LogP contribution < -0.4 is 10.5 Å². The van der Waals surface area contributed by atoms with E-state index in [0.29, 0.717) is 22.6 Å². The molecule has 0 heterocycles. The van der Waals surface area contributed by atoms with Crippen molar-refractivity contribution >= 4 is 27.4 Å². The van der Waals surface area contributed by atoms with Crippen molar-refractivity contribution in [1.29, 1.82) is 0 Å². The highest BCUT2D eigenvalue weighted by molar-refractivity contribution is 9.10. The summed E-state index contributed by atoms with van der Waals surface area (Å²) in [7, 11) is 1.49. The topological polar surface area (TPSA) is 52.3 Å². The van der Waals surface area contributed by atoms with Gasteiger partial charge in [0.25, 0.3) is 0 Å². The number of anilines is 1. The van der Waals surface area contributed by atoms with Crippen molar-refractivity contribution in [3.8, 4) is 5.75 Å². The maximum atomic E-state index is 13.9. The molecule has 0 aliphatic heterocycles. The van der Waals surface area contributed by atoms with Crippen LogP contribution in [0.2, 0.25) is 0 Å². The lowest BCUT2D eigenvalue weighted by Gasteiger charge is -2.15. The van der Waals surface area contributed by atoms with E-state index in [1.165, 1.54) is 25.3 Å². The quantitative estimate of drug-likeness (QED) is 0.670. The van der Waals surface area contributed by atoms with Crippen molar-refractivity contribution < 1.29 is 13.9 Å². The Morgan fingerprint density at radius 1 is 1.29 bits per heavy atom. The molecule has 2 rings (SSSR count). The number of ether oxygens (including phenoxy) is 1. The van der Waals surface area contributed by atoms with Crippen molar-refractivity contribution in [2.24, 2.45) is 0 Å². The molecule has 110 valence electrons. The average Bonchev–Trinajstić information content (AvgIpc) is 2.44. The molecule has 0 saturated carbocycles. The summed E-state index contributed by atoms with van der Waals surface area (Å²) >= 11 is 3.41. The Bertz CT molecular complexity index is 729. The number of hydrogen-bond donors (Lipinski definition) is 1. The number of nitrogens with two attached hydrogens (primary N) is 1. The van der Waals surface area contributed by atoms with Gasteiger partial charge in [0.2, 0.25) is 0 Å². The van der Waals surface area contributed by atoms with E-state index in [9.17, 15) is 9.18 Å². The molecule has 2 aromatic carbocycles. The zero-order valence-electron chi connectivity index (χ0n) is 12.0. The number of benzene rings is 2. The summed E-state index contributed by atoms with van der Waals surface area (Å²) in [5.74, 6) is -0.602. The molecular weight excluding hydrogens is 337 g/mol. The minimum absolute atomic E-state index is 0.0612. The Kier molecular flexibility index (Phi) is 4.32. The number of methoxy groups -OCH3 is 1. The SMILES string of the molecule is COc1c(C)cc(Br)c(C)c1C(=O)c1cc(N)ccc1F. The molecule has 0 aliphatic rings. The molecule has 0 amide bonds. The van der Waals surface area contributed by atoms with Gasteiger partial charge in [0.1, 0.15) is 11.6 Å². The maximum Gasteiger partial charge on any atom is 0.200 e. The smallest absolute Gasteiger partial charge is 0.200 e. The van der Waals surface area contributed by atoms with Crippen LogP contribution in [0.1, 0.15) is 27.0 Å². The Hall–Kier alpha value is -1.88. The standard InChI is InChI=1S/C16H15BrFNO2/c1-8-6-12(17)9(2)14(16(8)21-3)15(20)11-7-10(19)4-5-13(11)18/h4-7H,19H2,1-3H3. The predicted octanol–water partition coefficient (Wildman–Crippen LogP) is 4.03. The summed E-state index contributed by atoms with van der Waals surface area (Å²) in [4.78, 5) is 12.7. The zero-order valence-corrected chi connectivity index (χ0v) is 13.5. The van der Waals surface area contributed by atoms with Crippen LogP contribution in [-0.4, -0.2) is 12.9 Å². The highest BCUT2D eigenvalue weighted by Gasteiger charge is 2.23. The second kappa shape index (κ2) is 5.85. The first-order valence-electron chi connectivity index (χ1n) is 6.30. The van der Waals surface area contributed by atoms with Crippen molar-refractivity contribution in [1.82, 2.24) is 0 Å². The number of nitrogen functional groups attached to an aromatic ring is 1. The van der Waals surface area contributed by atoms with E-state index in [1.807, 2.05) is 13.0 Å². The van der Waals surface area contributed by atoms with Gasteiger partial charge in [-0.2, -0.15) is 0 Å². The summed E-state index contributed by atoms with van der Waals surface area (Å²) in [5.41, 5.74) is 7.76. The van der Waals surface area contributed by atoms with Crippen LogP contribution in [0.15, 0.2) is 28.7 Å². The minimum Gasteiger partial charge on any atom is -0.496 e. The Balaban J connectivity index is 2.71. The number of halogens is 2. The lowest BCUT2D eigenvalue weighted by molar-refractivity contribution is 0.103. The zero-order chi connectivity index (χ0) is 15.7. The fourth-order valence-corrected chi connectivity index (χ4v) is 2.78. The fraction of sp³-hybridized carbons (Fsp3) is 0.188. The molecule has 0 radical (unpaired) electrons. The van der Waals surface area contributed by atoms with Crippen LogP contribution in [0, 0.1) is 19.7 Å². The number of ketones is 1. The van der Waals surface area contributed by atoms with Crippen LogP contribution in [0.25, 0.3) is 0 Å². The van der Waals surface area contributed by atoms with Gasteiger partial charge in [0, 0.05) is 10.2 Å². The molecule has 0 bridgehead atoms. The summed E-state index contributed by atoms with van der Waals surface area (Å²) in [6.07, 6.45) is 0. The van der Waals surface area contributed by atoms with E-state index in [0.717, 1.165) is 10.0 Å². The minimum atomic E-state index is -0.603. The molecule has 21 heavy (non-hydrogen) atoms.